The van der Waals surface area contributed by atoms with E-state index in [0.717, 1.165) is 16.7 Å². The van der Waals surface area contributed by atoms with Gasteiger partial charge in [-0.25, -0.2) is 8.42 Å². The lowest BCUT2D eigenvalue weighted by atomic mass is 10.0. The Labute approximate surface area is 177 Å². The molecule has 5 nitrogen and oxygen atoms in total. The lowest BCUT2D eigenvalue weighted by molar-refractivity contribution is 0.0673. The zero-order valence-electron chi connectivity index (χ0n) is 16.9. The van der Waals surface area contributed by atoms with Crippen LogP contribution in [-0.4, -0.2) is 32.5 Å². The van der Waals surface area contributed by atoms with E-state index in [4.69, 9.17) is 9.47 Å². The van der Waals surface area contributed by atoms with Gasteiger partial charge < -0.3 is 9.47 Å². The highest BCUT2D eigenvalue weighted by molar-refractivity contribution is 7.89. The smallest absolute Gasteiger partial charge is 0.247 e. The van der Waals surface area contributed by atoms with E-state index in [-0.39, 0.29) is 17.5 Å². The van der Waals surface area contributed by atoms with Gasteiger partial charge in [0.25, 0.3) is 0 Å². The van der Waals surface area contributed by atoms with Gasteiger partial charge in [-0.3, -0.25) is 0 Å². The molecule has 4 rings (SSSR count). The third-order valence-electron chi connectivity index (χ3n) is 5.39. The van der Waals surface area contributed by atoms with Crippen molar-refractivity contribution in [3.63, 3.8) is 0 Å². The molecule has 30 heavy (non-hydrogen) atoms. The molecule has 1 unspecified atom stereocenters. The summed E-state index contributed by atoms with van der Waals surface area (Å²) < 4.78 is 40.6. The number of benzene rings is 3. The Morgan fingerprint density at radius 1 is 0.933 bits per heavy atom. The Morgan fingerprint density at radius 2 is 1.60 bits per heavy atom. The maximum absolute atomic E-state index is 13.8. The van der Waals surface area contributed by atoms with E-state index in [9.17, 15) is 8.42 Å². The molecule has 1 atom stereocenters. The molecule has 0 saturated carbocycles. The molecule has 0 fully saturated rings. The third-order valence-corrected chi connectivity index (χ3v) is 7.33. The number of ether oxygens (including phenoxy) is 2. The topological polar surface area (TPSA) is 55.8 Å². The molecule has 1 heterocycles. The molecule has 6 heteroatoms. The number of methoxy groups -OCH3 is 1. The van der Waals surface area contributed by atoms with Crippen molar-refractivity contribution in [2.24, 2.45) is 0 Å². The molecule has 0 spiro atoms. The Bertz CT molecular complexity index is 1100. The van der Waals surface area contributed by atoms with Crippen LogP contribution < -0.4 is 4.74 Å². The molecular formula is C24H25NO4S. The SMILES string of the molecule is COc1ccccc1S(=O)(=O)N1Cc2ccccc2COCC1Cc1ccccc1. The first kappa shape index (κ1) is 20.6. The predicted octanol–water partition coefficient (Wildman–Crippen LogP) is 4.03. The highest BCUT2D eigenvalue weighted by Crippen LogP contribution is 2.31. The summed E-state index contributed by atoms with van der Waals surface area (Å²) in [6, 6.07) is 24.2. The first-order valence-corrected chi connectivity index (χ1v) is 11.4. The Kier molecular flexibility index (Phi) is 6.18. The second-order valence-corrected chi connectivity index (χ2v) is 9.19. The Balaban J connectivity index is 1.79. The maximum atomic E-state index is 13.8. The molecule has 3 aromatic rings. The number of hydrogen-bond donors (Lipinski definition) is 0. The van der Waals surface area contributed by atoms with E-state index in [2.05, 4.69) is 0 Å². The van der Waals surface area contributed by atoms with Gasteiger partial charge in [0, 0.05) is 6.54 Å². The molecule has 3 aromatic carbocycles. The van der Waals surface area contributed by atoms with Gasteiger partial charge in [0.2, 0.25) is 10.0 Å². The third kappa shape index (κ3) is 4.26. The normalized spacial score (nSPS) is 17.6. The van der Waals surface area contributed by atoms with Crippen molar-refractivity contribution in [2.75, 3.05) is 13.7 Å². The van der Waals surface area contributed by atoms with Crippen molar-refractivity contribution in [1.29, 1.82) is 0 Å². The molecule has 156 valence electrons. The summed E-state index contributed by atoms with van der Waals surface area (Å²) in [5.41, 5.74) is 3.03. The van der Waals surface area contributed by atoms with Crippen LogP contribution >= 0.6 is 0 Å². The fourth-order valence-corrected chi connectivity index (χ4v) is 5.57. The van der Waals surface area contributed by atoms with Gasteiger partial charge in [0.1, 0.15) is 10.6 Å². The molecule has 0 bridgehead atoms. The number of nitrogens with zero attached hydrogens (tertiary/aromatic N) is 1. The number of hydrogen-bond acceptors (Lipinski definition) is 4. The van der Waals surface area contributed by atoms with Gasteiger partial charge in [0.05, 0.1) is 26.4 Å². The fraction of sp³-hybridized carbons (Fsp3) is 0.250. The standard InChI is InChI=1S/C24H25NO4S/c1-28-23-13-7-8-14-24(23)30(26,27)25-16-20-11-5-6-12-21(20)17-29-18-22(25)15-19-9-3-2-4-10-19/h2-14,22H,15-18H2,1H3. The van der Waals surface area contributed by atoms with Crippen molar-refractivity contribution in [2.45, 2.75) is 30.5 Å². The van der Waals surface area contributed by atoms with Crippen LogP contribution in [0.5, 0.6) is 5.75 Å². The second-order valence-electron chi connectivity index (χ2n) is 7.33. The van der Waals surface area contributed by atoms with Crippen molar-refractivity contribution < 1.29 is 17.9 Å². The maximum Gasteiger partial charge on any atom is 0.247 e. The number of sulfonamides is 1. The summed E-state index contributed by atoms with van der Waals surface area (Å²) in [4.78, 5) is 0.170. The van der Waals surface area contributed by atoms with E-state index in [1.807, 2.05) is 54.6 Å². The molecule has 0 radical (unpaired) electrons. The Hall–Kier alpha value is -2.67. The molecule has 0 amide bonds. The first-order chi connectivity index (χ1) is 14.6. The van der Waals surface area contributed by atoms with Crippen LogP contribution in [0.15, 0.2) is 83.8 Å². The van der Waals surface area contributed by atoms with Gasteiger partial charge in [-0.15, -0.1) is 0 Å². The van der Waals surface area contributed by atoms with Gasteiger partial charge in [0.15, 0.2) is 0 Å². The molecule has 0 N–H and O–H groups in total. The summed E-state index contributed by atoms with van der Waals surface area (Å²) in [5.74, 6) is 0.340. The summed E-state index contributed by atoms with van der Waals surface area (Å²) in [6.45, 7) is 1.08. The molecule has 0 aliphatic carbocycles. The molecule has 1 aliphatic rings. The van der Waals surface area contributed by atoms with E-state index in [0.29, 0.717) is 25.4 Å². The predicted molar refractivity (Wildman–Crippen MR) is 116 cm³/mol. The molecule has 1 aliphatic heterocycles. The second kappa shape index (κ2) is 9.00. The fourth-order valence-electron chi connectivity index (χ4n) is 3.82. The minimum Gasteiger partial charge on any atom is -0.495 e. The lowest BCUT2D eigenvalue weighted by Gasteiger charge is -2.34. The quantitative estimate of drug-likeness (QED) is 0.622. The lowest BCUT2D eigenvalue weighted by Crippen LogP contribution is -2.45. The number of para-hydroxylation sites is 1. The van der Waals surface area contributed by atoms with E-state index in [1.54, 1.807) is 28.6 Å². The monoisotopic (exact) mass is 423 g/mol. The van der Waals surface area contributed by atoms with E-state index in [1.165, 1.54) is 7.11 Å². The van der Waals surface area contributed by atoms with Crippen LogP contribution in [0.1, 0.15) is 16.7 Å². The van der Waals surface area contributed by atoms with Gasteiger partial charge in [-0.2, -0.15) is 4.31 Å². The van der Waals surface area contributed by atoms with Gasteiger partial charge in [-0.1, -0.05) is 66.7 Å². The van der Waals surface area contributed by atoms with Crippen LogP contribution in [0, 0.1) is 0 Å². The van der Waals surface area contributed by atoms with Crippen LogP contribution in [-0.2, 0) is 34.3 Å². The van der Waals surface area contributed by atoms with Crippen LogP contribution in [0.3, 0.4) is 0 Å². The molecular weight excluding hydrogens is 398 g/mol. The molecule has 0 aromatic heterocycles. The van der Waals surface area contributed by atoms with Crippen LogP contribution in [0.2, 0.25) is 0 Å². The molecule has 0 saturated heterocycles. The van der Waals surface area contributed by atoms with Crippen molar-refractivity contribution in [1.82, 2.24) is 4.31 Å². The average Bonchev–Trinajstić information content (AvgIpc) is 2.76. The zero-order valence-corrected chi connectivity index (χ0v) is 17.7. The summed E-state index contributed by atoms with van der Waals surface area (Å²) >= 11 is 0. The van der Waals surface area contributed by atoms with E-state index >= 15 is 0 Å². The van der Waals surface area contributed by atoms with Crippen molar-refractivity contribution in [3.05, 3.63) is 95.6 Å². The zero-order chi connectivity index (χ0) is 21.0. The highest BCUT2D eigenvalue weighted by Gasteiger charge is 2.35. The number of fused-ring (bicyclic) bond motifs is 1. The summed E-state index contributed by atoms with van der Waals surface area (Å²) in [6.07, 6.45) is 0.567. The summed E-state index contributed by atoms with van der Waals surface area (Å²) in [5, 5.41) is 0. The minimum atomic E-state index is -3.83. The van der Waals surface area contributed by atoms with Gasteiger partial charge in [-0.05, 0) is 35.2 Å². The van der Waals surface area contributed by atoms with Crippen LogP contribution in [0.4, 0.5) is 0 Å². The Morgan fingerprint density at radius 3 is 2.37 bits per heavy atom. The number of rotatable bonds is 5. The highest BCUT2D eigenvalue weighted by atomic mass is 32.2. The first-order valence-electron chi connectivity index (χ1n) is 9.93. The summed E-state index contributed by atoms with van der Waals surface area (Å²) in [7, 11) is -2.34. The van der Waals surface area contributed by atoms with Gasteiger partial charge >= 0.3 is 0 Å². The van der Waals surface area contributed by atoms with Crippen LogP contribution in [0.25, 0.3) is 0 Å². The largest absolute Gasteiger partial charge is 0.495 e. The van der Waals surface area contributed by atoms with Crippen molar-refractivity contribution in [3.8, 4) is 5.75 Å². The van der Waals surface area contributed by atoms with Crippen molar-refractivity contribution >= 4 is 10.0 Å². The van der Waals surface area contributed by atoms with E-state index < -0.39 is 10.0 Å². The average molecular weight is 424 g/mol. The minimum absolute atomic E-state index is 0.170.